The van der Waals surface area contributed by atoms with E-state index in [0.29, 0.717) is 50.3 Å². The van der Waals surface area contributed by atoms with Crippen molar-refractivity contribution in [3.05, 3.63) is 34.9 Å². The zero-order valence-electron chi connectivity index (χ0n) is 16.3. The Morgan fingerprint density at radius 3 is 2.39 bits per heavy atom. The second-order valence-electron chi connectivity index (χ2n) is 6.98. The molecule has 4 amide bonds. The van der Waals surface area contributed by atoms with Crippen molar-refractivity contribution in [2.45, 2.75) is 26.2 Å². The largest absolute Gasteiger partial charge is 0.453 e. The lowest BCUT2D eigenvalue weighted by Gasteiger charge is -2.21. The number of nitrogens with zero attached hydrogens (tertiary/aromatic N) is 3. The van der Waals surface area contributed by atoms with E-state index in [1.807, 2.05) is 6.92 Å². The Kier molecular flexibility index (Phi) is 5.96. The van der Waals surface area contributed by atoms with Crippen molar-refractivity contribution in [2.75, 3.05) is 39.8 Å². The van der Waals surface area contributed by atoms with Gasteiger partial charge in [-0.15, -0.1) is 0 Å². The summed E-state index contributed by atoms with van der Waals surface area (Å²) in [5.41, 5.74) is 1.02. The van der Waals surface area contributed by atoms with Gasteiger partial charge in [0.2, 0.25) is 0 Å². The number of fused-ring (bicyclic) bond motifs is 1. The van der Waals surface area contributed by atoms with Crippen molar-refractivity contribution < 1.29 is 23.9 Å². The first-order valence-electron chi connectivity index (χ1n) is 9.60. The molecule has 2 heterocycles. The Morgan fingerprint density at radius 1 is 1.00 bits per heavy atom. The van der Waals surface area contributed by atoms with Crippen LogP contribution < -0.4 is 0 Å². The molecule has 0 bridgehead atoms. The predicted octanol–water partition coefficient (Wildman–Crippen LogP) is 2.00. The molecule has 28 heavy (non-hydrogen) atoms. The van der Waals surface area contributed by atoms with Gasteiger partial charge in [-0.3, -0.25) is 19.3 Å². The number of rotatable bonds is 4. The topological polar surface area (TPSA) is 87.2 Å². The second-order valence-corrected chi connectivity index (χ2v) is 6.98. The highest BCUT2D eigenvalue weighted by Crippen LogP contribution is 2.25. The van der Waals surface area contributed by atoms with Crippen LogP contribution in [-0.4, -0.2) is 78.3 Å². The van der Waals surface area contributed by atoms with Crippen LogP contribution in [0.4, 0.5) is 4.79 Å². The van der Waals surface area contributed by atoms with Gasteiger partial charge in [-0.1, -0.05) is 13.3 Å². The highest BCUT2D eigenvalue weighted by Gasteiger charge is 2.36. The third-order valence-corrected chi connectivity index (χ3v) is 5.17. The van der Waals surface area contributed by atoms with E-state index >= 15 is 0 Å². The number of benzene rings is 1. The maximum atomic E-state index is 12.9. The van der Waals surface area contributed by atoms with Gasteiger partial charge in [0.15, 0.2) is 0 Å². The lowest BCUT2D eigenvalue weighted by atomic mass is 10.0. The third kappa shape index (κ3) is 3.72. The molecule has 0 N–H and O–H groups in total. The standard InChI is InChI=1S/C20H25N3O5/c1-3-4-10-23-18(25)15-7-6-14(13-16(15)19(23)26)17(24)21-8-5-9-22(12-11-21)20(27)28-2/h6-7,13H,3-5,8-12H2,1-2H3. The molecule has 2 aliphatic rings. The SMILES string of the molecule is CCCCN1C(=O)c2ccc(C(=O)N3CCCN(C(=O)OC)CC3)cc2C1=O. The summed E-state index contributed by atoms with van der Waals surface area (Å²) in [6, 6.07) is 4.68. The number of amides is 4. The molecule has 0 unspecified atom stereocenters. The molecular formula is C20H25N3O5. The van der Waals surface area contributed by atoms with Crippen LogP contribution in [-0.2, 0) is 4.74 Å². The number of carbonyl (C=O) groups is 4. The van der Waals surface area contributed by atoms with E-state index in [4.69, 9.17) is 4.74 Å². The Balaban J connectivity index is 1.75. The molecule has 0 radical (unpaired) electrons. The van der Waals surface area contributed by atoms with Crippen LogP contribution in [0.5, 0.6) is 0 Å². The van der Waals surface area contributed by atoms with E-state index in [9.17, 15) is 19.2 Å². The lowest BCUT2D eigenvalue weighted by Crippen LogP contribution is -2.37. The minimum Gasteiger partial charge on any atom is -0.453 e. The number of unbranched alkanes of at least 4 members (excludes halogenated alkanes) is 1. The average molecular weight is 387 g/mol. The monoisotopic (exact) mass is 387 g/mol. The summed E-state index contributed by atoms with van der Waals surface area (Å²) in [5.74, 6) is -0.839. The van der Waals surface area contributed by atoms with Gasteiger partial charge in [0, 0.05) is 38.3 Å². The molecule has 0 aromatic heterocycles. The van der Waals surface area contributed by atoms with E-state index in [1.54, 1.807) is 21.9 Å². The molecule has 3 rings (SSSR count). The van der Waals surface area contributed by atoms with E-state index in [0.717, 1.165) is 12.8 Å². The molecule has 150 valence electrons. The molecule has 1 saturated heterocycles. The zero-order chi connectivity index (χ0) is 20.3. The van der Waals surface area contributed by atoms with Gasteiger partial charge in [0.1, 0.15) is 0 Å². The number of methoxy groups -OCH3 is 1. The Morgan fingerprint density at radius 2 is 1.68 bits per heavy atom. The van der Waals surface area contributed by atoms with Crippen LogP contribution in [0.15, 0.2) is 18.2 Å². The minimum absolute atomic E-state index is 0.207. The fraction of sp³-hybridized carbons (Fsp3) is 0.500. The molecule has 0 saturated carbocycles. The lowest BCUT2D eigenvalue weighted by molar-refractivity contribution is 0.0651. The molecule has 0 spiro atoms. The van der Waals surface area contributed by atoms with Gasteiger partial charge in [-0.05, 0) is 31.0 Å². The molecule has 2 aliphatic heterocycles. The molecular weight excluding hydrogens is 362 g/mol. The zero-order valence-corrected chi connectivity index (χ0v) is 16.3. The van der Waals surface area contributed by atoms with E-state index < -0.39 is 6.09 Å². The van der Waals surface area contributed by atoms with Crippen molar-refractivity contribution in [1.29, 1.82) is 0 Å². The van der Waals surface area contributed by atoms with Crippen molar-refractivity contribution in [2.24, 2.45) is 0 Å². The molecule has 0 aliphatic carbocycles. The van der Waals surface area contributed by atoms with Crippen LogP contribution in [0.25, 0.3) is 0 Å². The highest BCUT2D eigenvalue weighted by molar-refractivity contribution is 6.22. The van der Waals surface area contributed by atoms with Gasteiger partial charge in [-0.2, -0.15) is 0 Å². The van der Waals surface area contributed by atoms with E-state index in [-0.39, 0.29) is 23.3 Å². The minimum atomic E-state index is -0.400. The van der Waals surface area contributed by atoms with Crippen molar-refractivity contribution in [3.63, 3.8) is 0 Å². The highest BCUT2D eigenvalue weighted by atomic mass is 16.5. The van der Waals surface area contributed by atoms with Crippen molar-refractivity contribution >= 4 is 23.8 Å². The Hall–Kier alpha value is -2.90. The number of hydrogen-bond donors (Lipinski definition) is 0. The van der Waals surface area contributed by atoms with Gasteiger partial charge < -0.3 is 14.5 Å². The quantitative estimate of drug-likeness (QED) is 0.738. The maximum Gasteiger partial charge on any atom is 0.409 e. The van der Waals surface area contributed by atoms with Crippen LogP contribution in [0, 0.1) is 0 Å². The summed E-state index contributed by atoms with van der Waals surface area (Å²) in [7, 11) is 1.34. The molecule has 8 heteroatoms. The Bertz CT molecular complexity index is 807. The first-order chi connectivity index (χ1) is 13.5. The number of hydrogen-bond acceptors (Lipinski definition) is 5. The second kappa shape index (κ2) is 8.41. The maximum absolute atomic E-state index is 12.9. The van der Waals surface area contributed by atoms with Crippen LogP contribution >= 0.6 is 0 Å². The average Bonchev–Trinajstić information content (AvgIpc) is 2.88. The number of carbonyl (C=O) groups excluding carboxylic acids is 4. The van der Waals surface area contributed by atoms with Gasteiger partial charge in [0.05, 0.1) is 18.2 Å². The van der Waals surface area contributed by atoms with Crippen LogP contribution in [0.1, 0.15) is 57.3 Å². The third-order valence-electron chi connectivity index (χ3n) is 5.17. The number of ether oxygens (including phenoxy) is 1. The van der Waals surface area contributed by atoms with Gasteiger partial charge in [0.25, 0.3) is 17.7 Å². The molecule has 8 nitrogen and oxygen atoms in total. The first-order valence-corrected chi connectivity index (χ1v) is 9.60. The van der Waals surface area contributed by atoms with Crippen molar-refractivity contribution in [3.8, 4) is 0 Å². The van der Waals surface area contributed by atoms with E-state index in [1.165, 1.54) is 18.1 Å². The summed E-state index contributed by atoms with van der Waals surface area (Å²) < 4.78 is 4.75. The summed E-state index contributed by atoms with van der Waals surface area (Å²) >= 11 is 0. The molecule has 1 aromatic carbocycles. The van der Waals surface area contributed by atoms with Crippen molar-refractivity contribution in [1.82, 2.24) is 14.7 Å². The summed E-state index contributed by atoms with van der Waals surface area (Å²) in [4.78, 5) is 54.1. The van der Waals surface area contributed by atoms with Crippen LogP contribution in [0.2, 0.25) is 0 Å². The fourth-order valence-electron chi connectivity index (χ4n) is 3.56. The first kappa shape index (κ1) is 19.9. The normalized spacial score (nSPS) is 16.9. The van der Waals surface area contributed by atoms with E-state index in [2.05, 4.69) is 0 Å². The van der Waals surface area contributed by atoms with Gasteiger partial charge in [-0.25, -0.2) is 4.79 Å². The summed E-state index contributed by atoms with van der Waals surface area (Å²) in [5, 5.41) is 0. The van der Waals surface area contributed by atoms with Gasteiger partial charge >= 0.3 is 6.09 Å². The predicted molar refractivity (Wildman–Crippen MR) is 101 cm³/mol. The molecule has 1 aromatic rings. The number of imide groups is 1. The molecule has 0 atom stereocenters. The molecule has 1 fully saturated rings. The Labute approximate surface area is 164 Å². The van der Waals surface area contributed by atoms with Crippen LogP contribution in [0.3, 0.4) is 0 Å². The summed E-state index contributed by atoms with van der Waals surface area (Å²) in [6.07, 6.45) is 1.88. The summed E-state index contributed by atoms with van der Waals surface area (Å²) in [6.45, 7) is 4.21. The fourth-order valence-corrected chi connectivity index (χ4v) is 3.56. The smallest absolute Gasteiger partial charge is 0.409 e.